The molecule has 74 valence electrons. The van der Waals surface area contributed by atoms with Crippen molar-refractivity contribution in [3.05, 3.63) is 29.8 Å². The molecule has 0 heterocycles. The summed E-state index contributed by atoms with van der Waals surface area (Å²) in [5.74, 6) is 0.278. The molecule has 1 aromatic carbocycles. The second kappa shape index (κ2) is 7.62. The molecule has 13 heavy (non-hydrogen) atoms. The van der Waals surface area contributed by atoms with Crippen LogP contribution in [0, 0.1) is 0 Å². The van der Waals surface area contributed by atoms with Crippen molar-refractivity contribution in [3.8, 4) is 5.75 Å². The Morgan fingerprint density at radius 3 is 2.00 bits per heavy atom. The molecule has 0 saturated carbocycles. The van der Waals surface area contributed by atoms with E-state index in [1.54, 1.807) is 18.2 Å². The molecule has 1 aromatic rings. The normalized spacial score (nSPS) is 8.85. The summed E-state index contributed by atoms with van der Waals surface area (Å²) in [5, 5.41) is 9.03. The average molecular weight is 181 g/mol. The van der Waals surface area contributed by atoms with E-state index in [2.05, 4.69) is 13.8 Å². The average Bonchev–Trinajstić information content (AvgIpc) is 2.19. The molecule has 0 saturated heterocycles. The van der Waals surface area contributed by atoms with Crippen LogP contribution in [0.2, 0.25) is 0 Å². The summed E-state index contributed by atoms with van der Waals surface area (Å²) >= 11 is 0. The lowest BCUT2D eigenvalue weighted by Crippen LogP contribution is -1.95. The number of nitrogens with two attached hydrogens (primary N) is 1. The fourth-order valence-electron chi connectivity index (χ4n) is 0.683. The van der Waals surface area contributed by atoms with E-state index < -0.39 is 0 Å². The maximum Gasteiger partial charge on any atom is 0.120 e. The fourth-order valence-corrected chi connectivity index (χ4v) is 0.683. The first-order valence-corrected chi connectivity index (χ1v) is 4.73. The summed E-state index contributed by atoms with van der Waals surface area (Å²) in [6.07, 6.45) is 2.64. The van der Waals surface area contributed by atoms with E-state index in [9.17, 15) is 0 Å². The van der Waals surface area contributed by atoms with Crippen LogP contribution in [0.3, 0.4) is 0 Å². The van der Waals surface area contributed by atoms with Crippen LogP contribution in [0.5, 0.6) is 5.75 Å². The molecule has 0 bridgehead atoms. The van der Waals surface area contributed by atoms with Crippen LogP contribution in [0.4, 0.5) is 0 Å². The van der Waals surface area contributed by atoms with Crippen LogP contribution in [0.1, 0.15) is 32.3 Å². The zero-order valence-electron chi connectivity index (χ0n) is 8.46. The second-order valence-corrected chi connectivity index (χ2v) is 2.83. The van der Waals surface area contributed by atoms with E-state index in [4.69, 9.17) is 10.8 Å². The maximum absolute atomic E-state index is 9.03. The Labute approximate surface area is 80.4 Å². The Morgan fingerprint density at radius 1 is 1.15 bits per heavy atom. The molecular weight excluding hydrogens is 162 g/mol. The second-order valence-electron chi connectivity index (χ2n) is 2.83. The molecule has 0 unspecified atom stereocenters. The SMILES string of the molecule is CCCC.NCc1ccccc1O. The summed E-state index contributed by atoms with van der Waals surface area (Å²) in [4.78, 5) is 0. The first kappa shape index (κ1) is 12.0. The molecule has 2 nitrogen and oxygen atoms in total. The minimum Gasteiger partial charge on any atom is -0.508 e. The molecule has 0 atom stereocenters. The van der Waals surface area contributed by atoms with Crippen molar-refractivity contribution in [1.82, 2.24) is 0 Å². The van der Waals surface area contributed by atoms with E-state index in [0.29, 0.717) is 6.54 Å². The smallest absolute Gasteiger partial charge is 0.120 e. The number of unbranched alkanes of at least 4 members (excludes halogenated alkanes) is 1. The summed E-state index contributed by atoms with van der Waals surface area (Å²) in [7, 11) is 0. The maximum atomic E-state index is 9.03. The van der Waals surface area contributed by atoms with Gasteiger partial charge in [-0.3, -0.25) is 0 Å². The van der Waals surface area contributed by atoms with E-state index in [1.807, 2.05) is 6.07 Å². The van der Waals surface area contributed by atoms with E-state index >= 15 is 0 Å². The predicted octanol–water partition coefficient (Wildman–Crippen LogP) is 2.66. The van der Waals surface area contributed by atoms with Gasteiger partial charge in [-0.05, 0) is 6.07 Å². The number of rotatable bonds is 2. The van der Waals surface area contributed by atoms with Gasteiger partial charge in [0.15, 0.2) is 0 Å². The molecule has 0 spiro atoms. The zero-order valence-corrected chi connectivity index (χ0v) is 8.46. The number of benzene rings is 1. The Kier molecular flexibility index (Phi) is 7.02. The van der Waals surface area contributed by atoms with Crippen LogP contribution in [-0.2, 0) is 6.54 Å². The quantitative estimate of drug-likeness (QED) is 0.736. The molecule has 0 amide bonds. The topological polar surface area (TPSA) is 46.2 Å². The Balaban J connectivity index is 0.000000310. The molecule has 0 radical (unpaired) electrons. The molecule has 2 heteroatoms. The summed E-state index contributed by atoms with van der Waals surface area (Å²) in [6, 6.07) is 7.05. The van der Waals surface area contributed by atoms with Gasteiger partial charge in [-0.15, -0.1) is 0 Å². The van der Waals surface area contributed by atoms with E-state index in [-0.39, 0.29) is 5.75 Å². The Hall–Kier alpha value is -1.02. The van der Waals surface area contributed by atoms with Gasteiger partial charge in [-0.25, -0.2) is 0 Å². The Bertz CT molecular complexity index is 221. The molecule has 0 aliphatic carbocycles. The van der Waals surface area contributed by atoms with Crippen LogP contribution >= 0.6 is 0 Å². The van der Waals surface area contributed by atoms with E-state index in [1.165, 1.54) is 12.8 Å². The van der Waals surface area contributed by atoms with Crippen molar-refractivity contribution in [1.29, 1.82) is 0 Å². The van der Waals surface area contributed by atoms with Crippen LogP contribution in [-0.4, -0.2) is 5.11 Å². The minimum atomic E-state index is 0.278. The summed E-state index contributed by atoms with van der Waals surface area (Å²) in [5.41, 5.74) is 6.08. The first-order valence-electron chi connectivity index (χ1n) is 4.73. The lowest BCUT2D eigenvalue weighted by molar-refractivity contribution is 0.468. The molecule has 1 rings (SSSR count). The van der Waals surface area contributed by atoms with Crippen LogP contribution in [0.15, 0.2) is 24.3 Å². The van der Waals surface area contributed by atoms with Crippen molar-refractivity contribution in [2.24, 2.45) is 5.73 Å². The van der Waals surface area contributed by atoms with Crippen LogP contribution < -0.4 is 5.73 Å². The van der Waals surface area contributed by atoms with Crippen molar-refractivity contribution < 1.29 is 5.11 Å². The number of aromatic hydroxyl groups is 1. The van der Waals surface area contributed by atoms with Crippen molar-refractivity contribution in [2.45, 2.75) is 33.2 Å². The molecule has 0 fully saturated rings. The van der Waals surface area contributed by atoms with Crippen molar-refractivity contribution >= 4 is 0 Å². The van der Waals surface area contributed by atoms with Gasteiger partial charge >= 0.3 is 0 Å². The number of hydrogen-bond donors (Lipinski definition) is 2. The monoisotopic (exact) mass is 181 g/mol. The minimum absolute atomic E-state index is 0.278. The van der Waals surface area contributed by atoms with Crippen molar-refractivity contribution in [2.75, 3.05) is 0 Å². The summed E-state index contributed by atoms with van der Waals surface area (Å²) in [6.45, 7) is 4.76. The van der Waals surface area contributed by atoms with Gasteiger partial charge in [0.25, 0.3) is 0 Å². The molecule has 0 aliphatic heterocycles. The number of hydrogen-bond acceptors (Lipinski definition) is 2. The molecular formula is C11H19NO. The molecule has 0 aromatic heterocycles. The highest BCUT2D eigenvalue weighted by Gasteiger charge is 1.92. The van der Waals surface area contributed by atoms with Gasteiger partial charge in [0, 0.05) is 12.1 Å². The van der Waals surface area contributed by atoms with E-state index in [0.717, 1.165) is 5.56 Å². The highest BCUT2D eigenvalue weighted by molar-refractivity contribution is 5.31. The summed E-state index contributed by atoms with van der Waals surface area (Å²) < 4.78 is 0. The van der Waals surface area contributed by atoms with Crippen molar-refractivity contribution in [3.63, 3.8) is 0 Å². The third-order valence-electron chi connectivity index (χ3n) is 1.71. The fraction of sp³-hybridized carbons (Fsp3) is 0.455. The predicted molar refractivity (Wildman–Crippen MR) is 56.6 cm³/mol. The lowest BCUT2D eigenvalue weighted by Gasteiger charge is -1.97. The number of phenolic OH excluding ortho intramolecular Hbond substituents is 1. The first-order chi connectivity index (χ1) is 6.26. The Morgan fingerprint density at radius 2 is 1.69 bits per heavy atom. The third-order valence-corrected chi connectivity index (χ3v) is 1.71. The highest BCUT2D eigenvalue weighted by Crippen LogP contribution is 2.13. The van der Waals surface area contributed by atoms with Gasteiger partial charge in [0.05, 0.1) is 0 Å². The van der Waals surface area contributed by atoms with Gasteiger partial charge in [-0.2, -0.15) is 0 Å². The largest absolute Gasteiger partial charge is 0.508 e. The lowest BCUT2D eigenvalue weighted by atomic mass is 10.2. The number of para-hydroxylation sites is 1. The third kappa shape index (κ3) is 5.26. The standard InChI is InChI=1S/C7H9NO.C4H10/c8-5-6-3-1-2-4-7(6)9;1-3-4-2/h1-4,9H,5,8H2;3-4H2,1-2H3. The highest BCUT2D eigenvalue weighted by atomic mass is 16.3. The van der Waals surface area contributed by atoms with Gasteiger partial charge < -0.3 is 10.8 Å². The molecule has 0 aliphatic rings. The number of phenols is 1. The van der Waals surface area contributed by atoms with Gasteiger partial charge in [0.2, 0.25) is 0 Å². The van der Waals surface area contributed by atoms with Gasteiger partial charge in [-0.1, -0.05) is 44.9 Å². The van der Waals surface area contributed by atoms with Crippen LogP contribution in [0.25, 0.3) is 0 Å². The zero-order chi connectivity index (χ0) is 10.1. The molecule has 3 N–H and O–H groups in total. The van der Waals surface area contributed by atoms with Gasteiger partial charge in [0.1, 0.15) is 5.75 Å².